The summed E-state index contributed by atoms with van der Waals surface area (Å²) in [4.78, 5) is 12.5. The van der Waals surface area contributed by atoms with Crippen LogP contribution in [0.15, 0.2) is 54.6 Å². The second kappa shape index (κ2) is 8.67. The summed E-state index contributed by atoms with van der Waals surface area (Å²) in [5, 5.41) is 2.85. The lowest BCUT2D eigenvalue weighted by atomic mass is 10.1. The summed E-state index contributed by atoms with van der Waals surface area (Å²) in [5.41, 5.74) is 1.61. The molecule has 0 spiro atoms. The average Bonchev–Trinajstić information content (AvgIpc) is 2.60. The number of anilines is 1. The largest absolute Gasteiger partial charge is 0.352 e. The first-order valence-corrected chi connectivity index (χ1v) is 10.2. The Morgan fingerprint density at radius 3 is 2.32 bits per heavy atom. The molecule has 0 heterocycles. The van der Waals surface area contributed by atoms with Crippen molar-refractivity contribution in [3.05, 3.63) is 65.7 Å². The van der Waals surface area contributed by atoms with Crippen molar-refractivity contribution >= 4 is 21.6 Å². The zero-order valence-corrected chi connectivity index (χ0v) is 15.4. The number of para-hydroxylation sites is 1. The number of rotatable bonds is 8. The van der Waals surface area contributed by atoms with Gasteiger partial charge in [-0.3, -0.25) is 9.10 Å². The molecular formula is C19H24N2O3S. The van der Waals surface area contributed by atoms with Crippen LogP contribution in [-0.4, -0.2) is 27.1 Å². The number of benzene rings is 2. The van der Waals surface area contributed by atoms with E-state index in [1.165, 1.54) is 4.31 Å². The monoisotopic (exact) mass is 360 g/mol. The highest BCUT2D eigenvalue weighted by atomic mass is 32.2. The van der Waals surface area contributed by atoms with Crippen molar-refractivity contribution < 1.29 is 13.2 Å². The number of nitrogens with one attached hydrogen (secondary N) is 1. The first-order chi connectivity index (χ1) is 11.9. The fourth-order valence-corrected chi connectivity index (χ4v) is 3.39. The predicted molar refractivity (Wildman–Crippen MR) is 101 cm³/mol. The van der Waals surface area contributed by atoms with E-state index in [4.69, 9.17) is 0 Å². The number of carbonyl (C=O) groups is 1. The SMILES string of the molecule is CCCCNC(=O)c1ccccc1N(Cc1ccccc1)S(C)(=O)=O. The minimum Gasteiger partial charge on any atom is -0.352 e. The number of hydrogen-bond donors (Lipinski definition) is 1. The summed E-state index contributed by atoms with van der Waals surface area (Å²) in [5.74, 6) is -0.259. The van der Waals surface area contributed by atoms with Crippen LogP contribution in [0.2, 0.25) is 0 Å². The standard InChI is InChI=1S/C19H24N2O3S/c1-3-4-14-20-19(22)17-12-8-9-13-18(17)21(25(2,23)24)15-16-10-6-5-7-11-16/h5-13H,3-4,14-15H2,1-2H3,(H,20,22). The number of nitrogens with zero attached hydrogens (tertiary/aromatic N) is 1. The molecule has 134 valence electrons. The van der Waals surface area contributed by atoms with Crippen LogP contribution >= 0.6 is 0 Å². The number of carbonyl (C=O) groups excluding carboxylic acids is 1. The van der Waals surface area contributed by atoms with Gasteiger partial charge in [-0.1, -0.05) is 55.8 Å². The minimum absolute atomic E-state index is 0.179. The molecule has 25 heavy (non-hydrogen) atoms. The summed E-state index contributed by atoms with van der Waals surface area (Å²) < 4.78 is 26.0. The van der Waals surface area contributed by atoms with Crippen LogP contribution in [0.25, 0.3) is 0 Å². The molecule has 2 aromatic rings. The second-order valence-corrected chi connectivity index (χ2v) is 7.79. The molecule has 1 amide bonds. The molecule has 0 unspecified atom stereocenters. The van der Waals surface area contributed by atoms with Gasteiger partial charge < -0.3 is 5.32 Å². The molecule has 0 bridgehead atoms. The van der Waals surface area contributed by atoms with Gasteiger partial charge in [-0.05, 0) is 24.1 Å². The van der Waals surface area contributed by atoms with Gasteiger partial charge in [0.15, 0.2) is 0 Å². The zero-order valence-electron chi connectivity index (χ0n) is 14.6. The molecule has 0 fully saturated rings. The summed E-state index contributed by atoms with van der Waals surface area (Å²) in [6, 6.07) is 16.1. The van der Waals surface area contributed by atoms with Crippen molar-refractivity contribution in [2.45, 2.75) is 26.3 Å². The Morgan fingerprint density at radius 2 is 1.68 bits per heavy atom. The van der Waals surface area contributed by atoms with Crippen molar-refractivity contribution in [3.63, 3.8) is 0 Å². The average molecular weight is 360 g/mol. The number of sulfonamides is 1. The van der Waals surface area contributed by atoms with Gasteiger partial charge in [0.25, 0.3) is 5.91 Å². The zero-order chi connectivity index (χ0) is 18.3. The molecule has 1 N–H and O–H groups in total. The molecule has 0 saturated carbocycles. The van der Waals surface area contributed by atoms with Crippen molar-refractivity contribution in [2.24, 2.45) is 0 Å². The highest BCUT2D eigenvalue weighted by Gasteiger charge is 2.23. The van der Waals surface area contributed by atoms with Crippen LogP contribution in [-0.2, 0) is 16.6 Å². The van der Waals surface area contributed by atoms with Crippen LogP contribution in [0.1, 0.15) is 35.7 Å². The van der Waals surface area contributed by atoms with Gasteiger partial charge in [0.2, 0.25) is 10.0 Å². The first kappa shape index (κ1) is 19.0. The van der Waals surface area contributed by atoms with E-state index >= 15 is 0 Å². The smallest absolute Gasteiger partial charge is 0.253 e. The molecule has 0 atom stereocenters. The minimum atomic E-state index is -3.54. The highest BCUT2D eigenvalue weighted by molar-refractivity contribution is 7.92. The predicted octanol–water partition coefficient (Wildman–Crippen LogP) is 3.18. The molecule has 0 aliphatic rings. The van der Waals surface area contributed by atoms with E-state index < -0.39 is 10.0 Å². The van der Waals surface area contributed by atoms with Crippen LogP contribution in [0, 0.1) is 0 Å². The normalized spacial score (nSPS) is 11.1. The second-order valence-electron chi connectivity index (χ2n) is 5.88. The fourth-order valence-electron chi connectivity index (χ4n) is 2.49. The molecule has 0 aliphatic carbocycles. The summed E-state index contributed by atoms with van der Waals surface area (Å²) in [6.07, 6.45) is 3.01. The number of amides is 1. The van der Waals surface area contributed by atoms with E-state index in [1.807, 2.05) is 37.3 Å². The molecule has 2 rings (SSSR count). The van der Waals surface area contributed by atoms with Gasteiger partial charge in [-0.2, -0.15) is 0 Å². The molecule has 6 heteroatoms. The van der Waals surface area contributed by atoms with E-state index in [9.17, 15) is 13.2 Å². The van der Waals surface area contributed by atoms with E-state index in [1.54, 1.807) is 24.3 Å². The Hall–Kier alpha value is -2.34. The number of hydrogen-bond acceptors (Lipinski definition) is 3. The van der Waals surface area contributed by atoms with Gasteiger partial charge in [0.05, 0.1) is 24.1 Å². The third-order valence-corrected chi connectivity index (χ3v) is 4.93. The topological polar surface area (TPSA) is 66.5 Å². The van der Waals surface area contributed by atoms with Crippen molar-refractivity contribution in [2.75, 3.05) is 17.1 Å². The van der Waals surface area contributed by atoms with Crippen molar-refractivity contribution in [1.82, 2.24) is 5.32 Å². The third kappa shape index (κ3) is 5.32. The maximum absolute atomic E-state index is 12.5. The molecule has 2 aromatic carbocycles. The van der Waals surface area contributed by atoms with E-state index in [-0.39, 0.29) is 12.5 Å². The molecular weight excluding hydrogens is 336 g/mol. The van der Waals surface area contributed by atoms with Crippen molar-refractivity contribution in [3.8, 4) is 0 Å². The fraction of sp³-hybridized carbons (Fsp3) is 0.316. The van der Waals surface area contributed by atoms with Crippen molar-refractivity contribution in [1.29, 1.82) is 0 Å². The van der Waals surface area contributed by atoms with Crippen LogP contribution in [0.5, 0.6) is 0 Å². The van der Waals surface area contributed by atoms with Gasteiger partial charge >= 0.3 is 0 Å². The Kier molecular flexibility index (Phi) is 6.58. The van der Waals surface area contributed by atoms with Gasteiger partial charge in [0.1, 0.15) is 0 Å². The quantitative estimate of drug-likeness (QED) is 0.735. The maximum Gasteiger partial charge on any atom is 0.253 e. The molecule has 0 aromatic heterocycles. The Morgan fingerprint density at radius 1 is 1.04 bits per heavy atom. The summed E-state index contributed by atoms with van der Waals surface area (Å²) >= 11 is 0. The Bertz CT molecular complexity index is 804. The summed E-state index contributed by atoms with van der Waals surface area (Å²) in [6.45, 7) is 2.80. The van der Waals surface area contributed by atoms with Gasteiger partial charge in [0, 0.05) is 6.54 Å². The highest BCUT2D eigenvalue weighted by Crippen LogP contribution is 2.25. The first-order valence-electron chi connectivity index (χ1n) is 8.32. The Balaban J connectivity index is 2.36. The maximum atomic E-state index is 12.5. The Labute approximate surface area is 149 Å². The van der Waals surface area contributed by atoms with Gasteiger partial charge in [-0.15, -0.1) is 0 Å². The van der Waals surface area contributed by atoms with Crippen LogP contribution < -0.4 is 9.62 Å². The molecule has 0 radical (unpaired) electrons. The summed E-state index contributed by atoms with van der Waals surface area (Å²) in [7, 11) is -3.54. The molecule has 5 nitrogen and oxygen atoms in total. The lowest BCUT2D eigenvalue weighted by molar-refractivity contribution is 0.0954. The van der Waals surface area contributed by atoms with E-state index in [0.29, 0.717) is 17.8 Å². The third-order valence-electron chi connectivity index (χ3n) is 3.80. The van der Waals surface area contributed by atoms with E-state index in [2.05, 4.69) is 5.32 Å². The van der Waals surface area contributed by atoms with Crippen LogP contribution in [0.4, 0.5) is 5.69 Å². The van der Waals surface area contributed by atoms with Crippen LogP contribution in [0.3, 0.4) is 0 Å². The van der Waals surface area contributed by atoms with Gasteiger partial charge in [-0.25, -0.2) is 8.42 Å². The van der Waals surface area contributed by atoms with E-state index in [0.717, 1.165) is 24.7 Å². The lowest BCUT2D eigenvalue weighted by Gasteiger charge is -2.24. The number of unbranched alkanes of at least 4 members (excludes halogenated alkanes) is 1. The molecule has 0 saturated heterocycles. The lowest BCUT2D eigenvalue weighted by Crippen LogP contribution is -2.33. The molecule has 0 aliphatic heterocycles.